The van der Waals surface area contributed by atoms with Crippen molar-refractivity contribution in [2.45, 2.75) is 6.42 Å². The molecular formula is C19H20ClN9OS. The van der Waals surface area contributed by atoms with Crippen molar-refractivity contribution in [3.63, 3.8) is 0 Å². The van der Waals surface area contributed by atoms with Gasteiger partial charge in [0.1, 0.15) is 5.69 Å². The van der Waals surface area contributed by atoms with Gasteiger partial charge in [0.05, 0.1) is 22.4 Å². The Balaban J connectivity index is 1.19. The van der Waals surface area contributed by atoms with Crippen molar-refractivity contribution < 1.29 is 4.79 Å². The molecule has 1 saturated heterocycles. The molecule has 3 N–H and O–H groups in total. The van der Waals surface area contributed by atoms with Crippen LogP contribution in [0.25, 0.3) is 10.9 Å². The lowest BCUT2D eigenvalue weighted by molar-refractivity contribution is 0.0939. The largest absolute Gasteiger partial charge is 0.350 e. The summed E-state index contributed by atoms with van der Waals surface area (Å²) in [6.07, 6.45) is 4.29. The predicted molar refractivity (Wildman–Crippen MR) is 120 cm³/mol. The van der Waals surface area contributed by atoms with Gasteiger partial charge >= 0.3 is 0 Å². The van der Waals surface area contributed by atoms with E-state index in [1.165, 1.54) is 11.5 Å². The second-order valence-corrected chi connectivity index (χ2v) is 8.56. The normalized spacial score (nSPS) is 16.2. The van der Waals surface area contributed by atoms with Gasteiger partial charge in [0.15, 0.2) is 0 Å². The summed E-state index contributed by atoms with van der Waals surface area (Å²) in [6.45, 7) is 2.25. The first kappa shape index (κ1) is 19.8. The zero-order chi connectivity index (χ0) is 21.4. The zero-order valence-corrected chi connectivity index (χ0v) is 18.2. The SMILES string of the molecule is Cn1nccc1C(=O)NC[C@@H]1CCN(c2nsc(Nc3ccc4[nH]ncc4c3Cl)n2)C1. The number of halogens is 1. The van der Waals surface area contributed by atoms with Crippen LogP contribution in [0.4, 0.5) is 16.8 Å². The lowest BCUT2D eigenvalue weighted by atomic mass is 10.1. The number of hydrogen-bond donors (Lipinski definition) is 3. The van der Waals surface area contributed by atoms with Gasteiger partial charge in [-0.2, -0.15) is 19.6 Å². The number of carbonyl (C=O) groups excluding carboxylic acids is 1. The van der Waals surface area contributed by atoms with Crippen LogP contribution in [0.2, 0.25) is 5.02 Å². The Morgan fingerprint density at radius 2 is 2.29 bits per heavy atom. The van der Waals surface area contributed by atoms with Crippen molar-refractivity contribution >= 4 is 56.7 Å². The maximum atomic E-state index is 12.3. The standard InChI is InChI=1S/C19H20ClN9OS/c1-28-15(4-6-23-28)17(30)21-8-11-5-7-29(10-11)18-25-19(31-27-18)24-14-3-2-13-12(16(14)20)9-22-26-13/h2-4,6,9,11H,5,7-8,10H2,1H3,(H,21,30)(H,22,26)(H,24,25,27)/t11-/m0/s1. The molecule has 1 aliphatic rings. The molecule has 4 aromatic rings. The van der Waals surface area contributed by atoms with Crippen molar-refractivity contribution in [3.05, 3.63) is 41.3 Å². The molecule has 1 aromatic carbocycles. The van der Waals surface area contributed by atoms with Gasteiger partial charge in [-0.25, -0.2) is 0 Å². The third kappa shape index (κ3) is 3.93. The van der Waals surface area contributed by atoms with Crippen molar-refractivity contribution in [1.82, 2.24) is 34.7 Å². The molecule has 0 radical (unpaired) electrons. The second kappa shape index (κ2) is 8.16. The monoisotopic (exact) mass is 457 g/mol. The van der Waals surface area contributed by atoms with Crippen LogP contribution in [0, 0.1) is 5.92 Å². The van der Waals surface area contributed by atoms with Crippen LogP contribution in [0.1, 0.15) is 16.9 Å². The van der Waals surface area contributed by atoms with Crippen molar-refractivity contribution in [2.24, 2.45) is 13.0 Å². The molecule has 1 aliphatic heterocycles. The minimum absolute atomic E-state index is 0.108. The summed E-state index contributed by atoms with van der Waals surface area (Å²) in [7, 11) is 1.76. The van der Waals surface area contributed by atoms with E-state index in [0.717, 1.165) is 36.1 Å². The van der Waals surface area contributed by atoms with E-state index < -0.39 is 0 Å². The van der Waals surface area contributed by atoms with E-state index in [4.69, 9.17) is 11.6 Å². The highest BCUT2D eigenvalue weighted by Crippen LogP contribution is 2.33. The Hall–Kier alpha value is -3.18. The summed E-state index contributed by atoms with van der Waals surface area (Å²) in [6, 6.07) is 5.52. The Morgan fingerprint density at radius 3 is 3.13 bits per heavy atom. The number of benzene rings is 1. The molecule has 0 bridgehead atoms. The summed E-state index contributed by atoms with van der Waals surface area (Å²) in [5, 5.41) is 19.3. The first-order valence-electron chi connectivity index (χ1n) is 9.82. The number of nitrogens with one attached hydrogen (secondary N) is 3. The van der Waals surface area contributed by atoms with E-state index in [-0.39, 0.29) is 5.91 Å². The summed E-state index contributed by atoms with van der Waals surface area (Å²) in [5.41, 5.74) is 2.20. The number of aromatic nitrogens is 6. The number of carbonyl (C=O) groups is 1. The van der Waals surface area contributed by atoms with Gasteiger partial charge in [-0.05, 0) is 30.5 Å². The third-order valence-corrected chi connectivity index (χ3v) is 6.42. The highest BCUT2D eigenvalue weighted by atomic mass is 35.5. The Kier molecular flexibility index (Phi) is 5.20. The van der Waals surface area contributed by atoms with Crippen LogP contribution < -0.4 is 15.5 Å². The number of rotatable bonds is 6. The molecule has 4 heterocycles. The van der Waals surface area contributed by atoms with Crippen LogP contribution in [-0.2, 0) is 7.05 Å². The average Bonchev–Trinajstić information content (AvgIpc) is 3.55. The summed E-state index contributed by atoms with van der Waals surface area (Å²) in [5.74, 6) is 0.923. The van der Waals surface area contributed by atoms with Crippen molar-refractivity contribution in [3.8, 4) is 0 Å². The molecule has 5 rings (SSSR count). The number of H-pyrrole nitrogens is 1. The van der Waals surface area contributed by atoms with E-state index in [9.17, 15) is 4.79 Å². The number of aromatic amines is 1. The molecule has 160 valence electrons. The van der Waals surface area contributed by atoms with E-state index in [2.05, 4.69) is 40.2 Å². The fraction of sp³-hybridized carbons (Fsp3) is 0.316. The van der Waals surface area contributed by atoms with Gasteiger partial charge in [0.25, 0.3) is 5.91 Å². The predicted octanol–water partition coefficient (Wildman–Crippen LogP) is 2.80. The Labute approximate surface area is 186 Å². The first-order chi connectivity index (χ1) is 15.1. The van der Waals surface area contributed by atoms with E-state index in [1.54, 1.807) is 30.2 Å². The molecule has 10 nitrogen and oxygen atoms in total. The molecule has 31 heavy (non-hydrogen) atoms. The molecule has 1 amide bonds. The summed E-state index contributed by atoms with van der Waals surface area (Å²) >= 11 is 7.77. The molecule has 1 atom stereocenters. The fourth-order valence-electron chi connectivity index (χ4n) is 3.69. The maximum Gasteiger partial charge on any atom is 0.269 e. The average molecular weight is 458 g/mol. The van der Waals surface area contributed by atoms with Crippen LogP contribution in [0.3, 0.4) is 0 Å². The van der Waals surface area contributed by atoms with Gasteiger partial charge in [-0.3, -0.25) is 14.6 Å². The highest BCUT2D eigenvalue weighted by molar-refractivity contribution is 7.10. The molecule has 0 aliphatic carbocycles. The lowest BCUT2D eigenvalue weighted by Crippen LogP contribution is -2.32. The topological polar surface area (TPSA) is 117 Å². The molecule has 0 unspecified atom stereocenters. The number of aryl methyl sites for hydroxylation is 1. The van der Waals surface area contributed by atoms with Crippen LogP contribution in [0.5, 0.6) is 0 Å². The zero-order valence-electron chi connectivity index (χ0n) is 16.7. The third-order valence-electron chi connectivity index (χ3n) is 5.39. The maximum absolute atomic E-state index is 12.3. The van der Waals surface area contributed by atoms with Gasteiger partial charge in [0, 0.05) is 49.8 Å². The summed E-state index contributed by atoms with van der Waals surface area (Å²) in [4.78, 5) is 19.0. The lowest BCUT2D eigenvalue weighted by Gasteiger charge is -2.14. The minimum Gasteiger partial charge on any atom is -0.350 e. The summed E-state index contributed by atoms with van der Waals surface area (Å²) < 4.78 is 6.06. The number of nitrogens with zero attached hydrogens (tertiary/aromatic N) is 6. The number of hydrogen-bond acceptors (Lipinski definition) is 8. The van der Waals surface area contributed by atoms with Crippen molar-refractivity contribution in [2.75, 3.05) is 29.9 Å². The van der Waals surface area contributed by atoms with E-state index in [1.807, 2.05) is 12.1 Å². The smallest absolute Gasteiger partial charge is 0.269 e. The van der Waals surface area contributed by atoms with Gasteiger partial charge in [-0.15, -0.1) is 0 Å². The first-order valence-corrected chi connectivity index (χ1v) is 11.0. The molecule has 12 heteroatoms. The number of anilines is 3. The fourth-order valence-corrected chi connectivity index (χ4v) is 4.56. The highest BCUT2D eigenvalue weighted by Gasteiger charge is 2.26. The molecular weight excluding hydrogens is 438 g/mol. The second-order valence-electron chi connectivity index (χ2n) is 7.43. The van der Waals surface area contributed by atoms with Gasteiger partial charge < -0.3 is 15.5 Å². The Bertz CT molecular complexity index is 1230. The van der Waals surface area contributed by atoms with E-state index >= 15 is 0 Å². The number of amides is 1. The molecule has 0 saturated carbocycles. The van der Waals surface area contributed by atoms with Gasteiger partial charge in [0.2, 0.25) is 11.1 Å². The number of fused-ring (bicyclic) bond motifs is 1. The van der Waals surface area contributed by atoms with E-state index in [0.29, 0.717) is 34.3 Å². The minimum atomic E-state index is -0.108. The van der Waals surface area contributed by atoms with Crippen LogP contribution in [0.15, 0.2) is 30.6 Å². The molecule has 1 fully saturated rings. The van der Waals surface area contributed by atoms with Gasteiger partial charge in [-0.1, -0.05) is 11.6 Å². The van der Waals surface area contributed by atoms with Crippen LogP contribution >= 0.6 is 23.1 Å². The quantitative estimate of drug-likeness (QED) is 0.407. The Morgan fingerprint density at radius 1 is 1.39 bits per heavy atom. The molecule has 0 spiro atoms. The van der Waals surface area contributed by atoms with Crippen LogP contribution in [-0.4, -0.2) is 54.9 Å². The van der Waals surface area contributed by atoms with Crippen molar-refractivity contribution in [1.29, 1.82) is 0 Å². The molecule has 3 aromatic heterocycles.